The molecule has 3 rings (SSSR count). The zero-order valence-corrected chi connectivity index (χ0v) is 14.9. The fourth-order valence-electron chi connectivity index (χ4n) is 3.36. The number of carboxylic acids is 1. The standard InChI is InChI=1S/C18H15FN2O5S/c1-10-14(8-18(23)24)15-7-12(19)2-4-16(15)21(10)27(25,26)13-3-5-17(22)11(6-13)9-20/h2-7,10,14,22H,8H2,1H3,(H,23,24). The molecule has 1 aliphatic rings. The van der Waals surface area contributed by atoms with Crippen LogP contribution in [-0.4, -0.2) is 30.6 Å². The predicted octanol–water partition coefficient (Wildman–Crippen LogP) is 2.56. The smallest absolute Gasteiger partial charge is 0.304 e. The summed E-state index contributed by atoms with van der Waals surface area (Å²) in [5.41, 5.74) is 0.291. The van der Waals surface area contributed by atoms with Gasteiger partial charge in [0.25, 0.3) is 10.0 Å². The summed E-state index contributed by atoms with van der Waals surface area (Å²) in [6, 6.07) is 7.79. The molecule has 2 aromatic carbocycles. The van der Waals surface area contributed by atoms with Crippen molar-refractivity contribution in [3.05, 3.63) is 53.3 Å². The Morgan fingerprint density at radius 1 is 1.30 bits per heavy atom. The van der Waals surface area contributed by atoms with Crippen molar-refractivity contribution in [1.29, 1.82) is 5.26 Å². The number of fused-ring (bicyclic) bond motifs is 1. The SMILES string of the molecule is CC1C(CC(=O)O)c2cc(F)ccc2N1S(=O)(=O)c1ccc(O)c(C#N)c1. The van der Waals surface area contributed by atoms with E-state index >= 15 is 0 Å². The molecular formula is C18H15FN2O5S. The molecule has 1 heterocycles. The van der Waals surface area contributed by atoms with Crippen molar-refractivity contribution in [2.75, 3.05) is 4.31 Å². The van der Waals surface area contributed by atoms with Crippen molar-refractivity contribution in [2.24, 2.45) is 0 Å². The van der Waals surface area contributed by atoms with Crippen LogP contribution >= 0.6 is 0 Å². The molecule has 0 bridgehead atoms. The Morgan fingerprint density at radius 3 is 2.63 bits per heavy atom. The molecule has 0 amide bonds. The first-order chi connectivity index (χ1) is 12.7. The van der Waals surface area contributed by atoms with Gasteiger partial charge in [-0.25, -0.2) is 12.8 Å². The van der Waals surface area contributed by atoms with Crippen LogP contribution in [0.4, 0.5) is 10.1 Å². The Bertz CT molecular complexity index is 1080. The first-order valence-electron chi connectivity index (χ1n) is 7.95. The largest absolute Gasteiger partial charge is 0.507 e. The molecule has 0 aliphatic carbocycles. The highest BCUT2D eigenvalue weighted by Gasteiger charge is 2.43. The zero-order chi connectivity index (χ0) is 19.9. The Labute approximate surface area is 155 Å². The number of carbonyl (C=O) groups is 1. The number of hydrogen-bond donors (Lipinski definition) is 2. The molecule has 0 spiro atoms. The van der Waals surface area contributed by atoms with Crippen molar-refractivity contribution in [3.63, 3.8) is 0 Å². The van der Waals surface area contributed by atoms with Crippen LogP contribution in [-0.2, 0) is 14.8 Å². The molecule has 140 valence electrons. The number of carboxylic acid groups (broad SMARTS) is 1. The maximum Gasteiger partial charge on any atom is 0.304 e. The van der Waals surface area contributed by atoms with E-state index in [1.807, 2.05) is 0 Å². The van der Waals surface area contributed by atoms with Crippen molar-refractivity contribution in [2.45, 2.75) is 30.2 Å². The first kappa shape index (κ1) is 18.7. The van der Waals surface area contributed by atoms with Crippen LogP contribution in [0.15, 0.2) is 41.3 Å². The number of rotatable bonds is 4. The lowest BCUT2D eigenvalue weighted by Gasteiger charge is -2.26. The molecule has 2 N–H and O–H groups in total. The number of phenols is 1. The van der Waals surface area contributed by atoms with Gasteiger partial charge in [0.05, 0.1) is 28.6 Å². The van der Waals surface area contributed by atoms with Crippen LogP contribution in [0.3, 0.4) is 0 Å². The third-order valence-corrected chi connectivity index (χ3v) is 6.52. The summed E-state index contributed by atoms with van der Waals surface area (Å²) < 4.78 is 41.1. The summed E-state index contributed by atoms with van der Waals surface area (Å²) in [6.07, 6.45) is -0.358. The van der Waals surface area contributed by atoms with E-state index in [1.54, 1.807) is 13.0 Å². The van der Waals surface area contributed by atoms with Crippen LogP contribution < -0.4 is 4.31 Å². The van der Waals surface area contributed by atoms with Gasteiger partial charge in [-0.1, -0.05) is 0 Å². The van der Waals surface area contributed by atoms with Gasteiger partial charge >= 0.3 is 5.97 Å². The molecule has 0 fully saturated rings. The second kappa shape index (κ2) is 6.55. The predicted molar refractivity (Wildman–Crippen MR) is 93.3 cm³/mol. The van der Waals surface area contributed by atoms with E-state index in [0.29, 0.717) is 5.56 Å². The van der Waals surface area contributed by atoms with Gasteiger partial charge in [-0.15, -0.1) is 0 Å². The summed E-state index contributed by atoms with van der Waals surface area (Å²) in [6.45, 7) is 1.55. The molecule has 7 nitrogen and oxygen atoms in total. The number of benzene rings is 2. The van der Waals surface area contributed by atoms with Crippen molar-refractivity contribution < 1.29 is 27.8 Å². The number of nitriles is 1. The van der Waals surface area contributed by atoms with E-state index < -0.39 is 33.8 Å². The molecule has 27 heavy (non-hydrogen) atoms. The minimum atomic E-state index is -4.18. The number of phenolic OH excluding ortho intramolecular Hbond substituents is 1. The van der Waals surface area contributed by atoms with Crippen LogP contribution in [0.2, 0.25) is 0 Å². The number of aromatic hydroxyl groups is 1. The molecule has 2 unspecified atom stereocenters. The van der Waals surface area contributed by atoms with E-state index in [-0.39, 0.29) is 28.3 Å². The third-order valence-electron chi connectivity index (χ3n) is 4.62. The Hall–Kier alpha value is -3.12. The second-order valence-corrected chi connectivity index (χ2v) is 8.05. The van der Waals surface area contributed by atoms with Gasteiger partial charge in [-0.3, -0.25) is 9.10 Å². The normalized spacial score (nSPS) is 18.8. The van der Waals surface area contributed by atoms with Gasteiger partial charge in [0.1, 0.15) is 17.6 Å². The van der Waals surface area contributed by atoms with Crippen LogP contribution in [0, 0.1) is 17.1 Å². The average Bonchev–Trinajstić information content (AvgIpc) is 2.87. The van der Waals surface area contributed by atoms with E-state index in [2.05, 4.69) is 0 Å². The van der Waals surface area contributed by atoms with Crippen LogP contribution in [0.25, 0.3) is 0 Å². The molecule has 0 aromatic heterocycles. The van der Waals surface area contributed by atoms with Gasteiger partial charge in [0.2, 0.25) is 0 Å². The molecule has 1 aliphatic heterocycles. The molecule has 9 heteroatoms. The number of hydrogen-bond acceptors (Lipinski definition) is 5. The maximum absolute atomic E-state index is 13.7. The fourth-order valence-corrected chi connectivity index (χ4v) is 5.11. The zero-order valence-electron chi connectivity index (χ0n) is 14.1. The van der Waals surface area contributed by atoms with Gasteiger partial charge < -0.3 is 10.2 Å². The summed E-state index contributed by atoms with van der Waals surface area (Å²) >= 11 is 0. The van der Waals surface area contributed by atoms with Crippen molar-refractivity contribution in [3.8, 4) is 11.8 Å². The van der Waals surface area contributed by atoms with E-state index in [9.17, 15) is 22.7 Å². The van der Waals surface area contributed by atoms with E-state index in [4.69, 9.17) is 10.4 Å². The summed E-state index contributed by atoms with van der Waals surface area (Å²) in [5.74, 6) is -2.79. The highest BCUT2D eigenvalue weighted by molar-refractivity contribution is 7.92. The lowest BCUT2D eigenvalue weighted by atomic mass is 9.93. The fraction of sp³-hybridized carbons (Fsp3) is 0.222. The van der Waals surface area contributed by atoms with Gasteiger partial charge in [-0.2, -0.15) is 5.26 Å². The van der Waals surface area contributed by atoms with Crippen molar-refractivity contribution in [1.82, 2.24) is 0 Å². The molecule has 2 aromatic rings. The number of anilines is 1. The molecule has 0 radical (unpaired) electrons. The van der Waals surface area contributed by atoms with Crippen molar-refractivity contribution >= 4 is 21.7 Å². The number of halogens is 1. The summed E-state index contributed by atoms with van der Waals surface area (Å²) in [5, 5.41) is 27.8. The quantitative estimate of drug-likeness (QED) is 0.828. The lowest BCUT2D eigenvalue weighted by Crippen LogP contribution is -2.37. The maximum atomic E-state index is 13.7. The van der Waals surface area contributed by atoms with Crippen LogP contribution in [0.1, 0.15) is 30.4 Å². The van der Waals surface area contributed by atoms with E-state index in [0.717, 1.165) is 34.6 Å². The lowest BCUT2D eigenvalue weighted by molar-refractivity contribution is -0.137. The first-order valence-corrected chi connectivity index (χ1v) is 9.39. The highest BCUT2D eigenvalue weighted by atomic mass is 32.2. The minimum Gasteiger partial charge on any atom is -0.507 e. The van der Waals surface area contributed by atoms with Crippen LogP contribution in [0.5, 0.6) is 5.75 Å². The van der Waals surface area contributed by atoms with E-state index in [1.165, 1.54) is 6.07 Å². The Balaban J connectivity index is 2.16. The Morgan fingerprint density at radius 2 is 2.00 bits per heavy atom. The average molecular weight is 390 g/mol. The number of nitrogens with zero attached hydrogens (tertiary/aromatic N) is 2. The minimum absolute atomic E-state index is 0.196. The number of aliphatic carboxylic acids is 1. The molecule has 0 saturated carbocycles. The monoisotopic (exact) mass is 390 g/mol. The number of sulfonamides is 1. The molecule has 0 saturated heterocycles. The van der Waals surface area contributed by atoms with Gasteiger partial charge in [0, 0.05) is 5.92 Å². The molecule has 2 atom stereocenters. The Kier molecular flexibility index (Phi) is 4.53. The highest BCUT2D eigenvalue weighted by Crippen LogP contribution is 2.46. The van der Waals surface area contributed by atoms with Gasteiger partial charge in [0.15, 0.2) is 0 Å². The summed E-state index contributed by atoms with van der Waals surface area (Å²) in [4.78, 5) is 11.0. The molecular weight excluding hydrogens is 375 g/mol. The van der Waals surface area contributed by atoms with Gasteiger partial charge in [-0.05, 0) is 48.9 Å². The third kappa shape index (κ3) is 3.08. The second-order valence-electron chi connectivity index (χ2n) is 6.24. The summed E-state index contributed by atoms with van der Waals surface area (Å²) in [7, 11) is -4.18. The topological polar surface area (TPSA) is 119 Å².